The molecular formula is C8H20N2O2S. The van der Waals surface area contributed by atoms with Crippen molar-refractivity contribution in [3.63, 3.8) is 0 Å². The van der Waals surface area contributed by atoms with Crippen LogP contribution in [0.3, 0.4) is 0 Å². The minimum absolute atomic E-state index is 0.132. The van der Waals surface area contributed by atoms with Crippen molar-refractivity contribution in [2.24, 2.45) is 0 Å². The molecule has 0 bridgehead atoms. The van der Waals surface area contributed by atoms with Crippen molar-refractivity contribution in [2.75, 3.05) is 19.3 Å². The maximum Gasteiger partial charge on any atom is 0.213 e. The van der Waals surface area contributed by atoms with E-state index < -0.39 is 10.0 Å². The van der Waals surface area contributed by atoms with Crippen LogP contribution >= 0.6 is 0 Å². The van der Waals surface area contributed by atoms with E-state index in [2.05, 4.69) is 10.0 Å². The molecule has 80 valence electrons. The molecule has 13 heavy (non-hydrogen) atoms. The molecule has 0 rings (SSSR count). The molecule has 2 N–H and O–H groups in total. The molecule has 0 aromatic rings. The summed E-state index contributed by atoms with van der Waals surface area (Å²) in [5.41, 5.74) is -0.341. The molecular weight excluding hydrogens is 188 g/mol. The normalized spacial score (nSPS) is 13.2. The topological polar surface area (TPSA) is 58.2 Å². The predicted molar refractivity (Wildman–Crippen MR) is 55.2 cm³/mol. The molecule has 0 aromatic heterocycles. The lowest BCUT2D eigenvalue weighted by Gasteiger charge is -2.23. The lowest BCUT2D eigenvalue weighted by Crippen LogP contribution is -2.44. The first-order valence-corrected chi connectivity index (χ1v) is 6.14. The Bertz CT molecular complexity index is 235. The van der Waals surface area contributed by atoms with Gasteiger partial charge < -0.3 is 5.32 Å². The monoisotopic (exact) mass is 208 g/mol. The van der Waals surface area contributed by atoms with Crippen LogP contribution in [-0.4, -0.2) is 33.3 Å². The molecule has 0 atom stereocenters. The molecule has 0 spiro atoms. The summed E-state index contributed by atoms with van der Waals surface area (Å²) in [5, 5.41) is 2.81. The molecule has 0 aromatic carbocycles. The van der Waals surface area contributed by atoms with Crippen LogP contribution in [0.5, 0.6) is 0 Å². The van der Waals surface area contributed by atoms with Crippen molar-refractivity contribution in [3.05, 3.63) is 0 Å². The van der Waals surface area contributed by atoms with Crippen molar-refractivity contribution in [3.8, 4) is 0 Å². The maximum absolute atomic E-state index is 11.4. The van der Waals surface area contributed by atoms with Crippen LogP contribution in [0.4, 0.5) is 0 Å². The van der Waals surface area contributed by atoms with Gasteiger partial charge in [0, 0.05) is 12.1 Å². The fraction of sp³-hybridized carbons (Fsp3) is 1.00. The van der Waals surface area contributed by atoms with Crippen LogP contribution in [0.1, 0.15) is 27.2 Å². The minimum Gasteiger partial charge on any atom is -0.319 e. The van der Waals surface area contributed by atoms with Crippen molar-refractivity contribution in [2.45, 2.75) is 32.7 Å². The number of hydrogen-bond acceptors (Lipinski definition) is 3. The number of nitrogens with one attached hydrogen (secondary N) is 2. The van der Waals surface area contributed by atoms with E-state index in [0.29, 0.717) is 6.54 Å². The average molecular weight is 208 g/mol. The Morgan fingerprint density at radius 3 is 2.23 bits per heavy atom. The smallest absolute Gasteiger partial charge is 0.213 e. The summed E-state index contributed by atoms with van der Waals surface area (Å²) >= 11 is 0. The van der Waals surface area contributed by atoms with Gasteiger partial charge in [-0.15, -0.1) is 0 Å². The molecule has 0 saturated heterocycles. The first-order valence-electron chi connectivity index (χ1n) is 4.49. The van der Waals surface area contributed by atoms with Gasteiger partial charge in [0.25, 0.3) is 0 Å². The lowest BCUT2D eigenvalue weighted by molar-refractivity contribution is 0.439. The van der Waals surface area contributed by atoms with Gasteiger partial charge in [0.15, 0.2) is 0 Å². The van der Waals surface area contributed by atoms with E-state index in [4.69, 9.17) is 0 Å². The first-order chi connectivity index (χ1) is 5.83. The van der Waals surface area contributed by atoms with Gasteiger partial charge in [0.2, 0.25) is 10.0 Å². The van der Waals surface area contributed by atoms with Crippen molar-refractivity contribution in [1.29, 1.82) is 0 Å². The molecule has 0 radical (unpaired) electrons. The quantitative estimate of drug-likeness (QED) is 0.660. The molecule has 5 heteroatoms. The van der Waals surface area contributed by atoms with Gasteiger partial charge in [-0.05, 0) is 27.3 Å². The van der Waals surface area contributed by atoms with E-state index in [0.717, 1.165) is 6.42 Å². The predicted octanol–water partition coefficient (Wildman–Crippen LogP) is 0.314. The Morgan fingerprint density at radius 2 is 1.85 bits per heavy atom. The summed E-state index contributed by atoms with van der Waals surface area (Å²) in [5.74, 6) is 0.132. The second-order valence-electron chi connectivity index (χ2n) is 3.76. The molecule has 0 unspecified atom stereocenters. The maximum atomic E-state index is 11.4. The zero-order valence-corrected chi connectivity index (χ0v) is 9.66. The first kappa shape index (κ1) is 12.9. The van der Waals surface area contributed by atoms with Gasteiger partial charge in [-0.3, -0.25) is 0 Å². The third kappa shape index (κ3) is 6.01. The Balaban J connectivity index is 4.18. The fourth-order valence-corrected chi connectivity index (χ4v) is 2.34. The van der Waals surface area contributed by atoms with Crippen LogP contribution in [0.25, 0.3) is 0 Å². The fourth-order valence-electron chi connectivity index (χ4n) is 0.781. The van der Waals surface area contributed by atoms with Gasteiger partial charge in [-0.2, -0.15) is 0 Å². The molecule has 4 nitrogen and oxygen atoms in total. The van der Waals surface area contributed by atoms with E-state index >= 15 is 0 Å². The zero-order chi connectivity index (χ0) is 10.5. The number of hydrogen-bond donors (Lipinski definition) is 2. The van der Waals surface area contributed by atoms with E-state index in [-0.39, 0.29) is 11.3 Å². The van der Waals surface area contributed by atoms with Gasteiger partial charge in [-0.1, -0.05) is 6.92 Å². The minimum atomic E-state index is -3.13. The highest BCUT2D eigenvalue weighted by Crippen LogP contribution is 2.08. The second kappa shape index (κ2) is 4.93. The Kier molecular flexibility index (Phi) is 4.88. The largest absolute Gasteiger partial charge is 0.319 e. The molecule has 0 aliphatic carbocycles. The second-order valence-corrected chi connectivity index (χ2v) is 5.60. The molecule has 0 amide bonds. The molecule has 0 aliphatic rings. The van der Waals surface area contributed by atoms with Crippen LogP contribution in [-0.2, 0) is 10.0 Å². The zero-order valence-electron chi connectivity index (χ0n) is 8.85. The summed E-state index contributed by atoms with van der Waals surface area (Å²) in [6, 6.07) is 0. The van der Waals surface area contributed by atoms with Crippen molar-refractivity contribution >= 4 is 10.0 Å². The Morgan fingerprint density at radius 1 is 1.31 bits per heavy atom. The third-order valence-corrected chi connectivity index (χ3v) is 3.54. The van der Waals surface area contributed by atoms with Gasteiger partial charge >= 0.3 is 0 Å². The molecule has 0 heterocycles. The standard InChI is InChI=1S/C8H20N2O2S/c1-5-8(2,3)10-13(11,12)7-6-9-4/h9-10H,5-7H2,1-4H3. The molecule has 0 aliphatic heterocycles. The Hall–Kier alpha value is -0.130. The van der Waals surface area contributed by atoms with E-state index in [1.807, 2.05) is 20.8 Å². The van der Waals surface area contributed by atoms with Gasteiger partial charge in [0.1, 0.15) is 0 Å². The summed E-state index contributed by atoms with van der Waals surface area (Å²) in [7, 11) is -1.39. The summed E-state index contributed by atoms with van der Waals surface area (Å²) in [6.45, 7) is 6.20. The highest BCUT2D eigenvalue weighted by Gasteiger charge is 2.21. The van der Waals surface area contributed by atoms with E-state index in [1.54, 1.807) is 7.05 Å². The third-order valence-electron chi connectivity index (χ3n) is 1.94. The van der Waals surface area contributed by atoms with E-state index in [9.17, 15) is 8.42 Å². The highest BCUT2D eigenvalue weighted by molar-refractivity contribution is 7.89. The lowest BCUT2D eigenvalue weighted by atomic mass is 10.0. The summed E-state index contributed by atoms with van der Waals surface area (Å²) < 4.78 is 25.5. The van der Waals surface area contributed by atoms with Gasteiger partial charge in [0.05, 0.1) is 5.75 Å². The number of sulfonamides is 1. The SMILES string of the molecule is CCC(C)(C)NS(=O)(=O)CCNC. The van der Waals surface area contributed by atoms with Crippen LogP contribution < -0.4 is 10.0 Å². The number of rotatable bonds is 6. The summed E-state index contributed by atoms with van der Waals surface area (Å²) in [4.78, 5) is 0. The Labute approximate surface area is 81.2 Å². The van der Waals surface area contributed by atoms with Gasteiger partial charge in [-0.25, -0.2) is 13.1 Å². The molecule has 0 fully saturated rings. The molecule has 0 saturated carbocycles. The van der Waals surface area contributed by atoms with Crippen molar-refractivity contribution < 1.29 is 8.42 Å². The average Bonchev–Trinajstić information content (AvgIpc) is 1.99. The van der Waals surface area contributed by atoms with Crippen LogP contribution in [0, 0.1) is 0 Å². The van der Waals surface area contributed by atoms with Crippen LogP contribution in [0.2, 0.25) is 0 Å². The summed E-state index contributed by atoms with van der Waals surface area (Å²) in [6.07, 6.45) is 0.784. The van der Waals surface area contributed by atoms with E-state index in [1.165, 1.54) is 0 Å². The van der Waals surface area contributed by atoms with Crippen LogP contribution in [0.15, 0.2) is 0 Å². The van der Waals surface area contributed by atoms with Crippen molar-refractivity contribution in [1.82, 2.24) is 10.0 Å². The highest BCUT2D eigenvalue weighted by atomic mass is 32.2.